The monoisotopic (exact) mass is 222 g/mol. The van der Waals surface area contributed by atoms with Crippen molar-refractivity contribution in [2.45, 2.75) is 11.8 Å². The number of hydrogen-bond acceptors (Lipinski definition) is 3. The van der Waals surface area contributed by atoms with Crippen LogP contribution in [0.5, 0.6) is 0 Å². The van der Waals surface area contributed by atoms with Crippen molar-refractivity contribution < 1.29 is 8.42 Å². The van der Waals surface area contributed by atoms with Crippen LogP contribution in [0.4, 0.5) is 5.69 Å². The summed E-state index contributed by atoms with van der Waals surface area (Å²) in [4.78, 5) is -0.0116. The summed E-state index contributed by atoms with van der Waals surface area (Å²) >= 11 is 0. The van der Waals surface area contributed by atoms with Gasteiger partial charge in [-0.2, -0.15) is 0 Å². The first-order valence-electron chi connectivity index (χ1n) is 3.30. The average molecular weight is 223 g/mol. The Balaban J connectivity index is 0.00000144. The van der Waals surface area contributed by atoms with Gasteiger partial charge in [0.15, 0.2) is 0 Å². The Morgan fingerprint density at radius 3 is 2.23 bits per heavy atom. The van der Waals surface area contributed by atoms with Crippen LogP contribution in [-0.4, -0.2) is 8.42 Å². The predicted octanol–water partition coefficient (Wildman–Crippen LogP) is 0.646. The predicted molar refractivity (Wildman–Crippen MR) is 54.2 cm³/mol. The van der Waals surface area contributed by atoms with Gasteiger partial charge in [0.25, 0.3) is 0 Å². The third-order valence-corrected chi connectivity index (χ3v) is 2.44. The fourth-order valence-electron chi connectivity index (χ4n) is 0.888. The topological polar surface area (TPSA) is 86.2 Å². The van der Waals surface area contributed by atoms with Gasteiger partial charge < -0.3 is 5.73 Å². The van der Waals surface area contributed by atoms with E-state index in [1.807, 2.05) is 0 Å². The molecule has 74 valence electrons. The first-order chi connectivity index (χ1) is 5.41. The van der Waals surface area contributed by atoms with E-state index in [1.54, 1.807) is 13.0 Å². The molecule has 4 N–H and O–H groups in total. The van der Waals surface area contributed by atoms with Crippen molar-refractivity contribution in [3.8, 4) is 0 Å². The van der Waals surface area contributed by atoms with Gasteiger partial charge in [0.2, 0.25) is 10.0 Å². The highest BCUT2D eigenvalue weighted by molar-refractivity contribution is 7.89. The maximum absolute atomic E-state index is 10.9. The molecule has 0 aliphatic rings. The summed E-state index contributed by atoms with van der Waals surface area (Å²) in [5, 5.41) is 4.92. The highest BCUT2D eigenvalue weighted by Gasteiger charge is 2.11. The summed E-state index contributed by atoms with van der Waals surface area (Å²) in [5.41, 5.74) is 6.41. The summed E-state index contributed by atoms with van der Waals surface area (Å²) in [5.74, 6) is 0. The van der Waals surface area contributed by atoms with E-state index in [0.717, 1.165) is 5.56 Å². The molecule has 0 radical (unpaired) electrons. The van der Waals surface area contributed by atoms with Gasteiger partial charge in [-0.25, -0.2) is 13.6 Å². The van der Waals surface area contributed by atoms with Gasteiger partial charge in [-0.3, -0.25) is 0 Å². The van der Waals surface area contributed by atoms with Crippen molar-refractivity contribution >= 4 is 28.1 Å². The number of anilines is 1. The van der Waals surface area contributed by atoms with E-state index in [2.05, 4.69) is 0 Å². The number of rotatable bonds is 1. The molecule has 0 atom stereocenters. The summed E-state index contributed by atoms with van der Waals surface area (Å²) in [6.45, 7) is 1.77. The Kier molecular flexibility index (Phi) is 3.71. The standard InChI is InChI=1S/C7H10N2O2S.ClH/c1-5-2-3-6(8)7(4-5)12(9,10)11;/h2-4H,8H2,1H3,(H2,9,10,11);1H. The zero-order valence-electron chi connectivity index (χ0n) is 7.02. The minimum Gasteiger partial charge on any atom is -0.398 e. The molecule has 1 rings (SSSR count). The van der Waals surface area contributed by atoms with Gasteiger partial charge >= 0.3 is 0 Å². The molecule has 0 aliphatic carbocycles. The number of benzene rings is 1. The van der Waals surface area contributed by atoms with Crippen LogP contribution in [0.1, 0.15) is 5.56 Å². The van der Waals surface area contributed by atoms with Gasteiger partial charge in [-0.15, -0.1) is 12.4 Å². The van der Waals surface area contributed by atoms with Crippen LogP contribution < -0.4 is 10.9 Å². The maximum atomic E-state index is 10.9. The number of nitrogen functional groups attached to an aromatic ring is 1. The number of hydrogen-bond donors (Lipinski definition) is 2. The van der Waals surface area contributed by atoms with Crippen LogP contribution in [0.2, 0.25) is 0 Å². The molecule has 1 aromatic carbocycles. The zero-order chi connectivity index (χ0) is 9.35. The second-order valence-corrected chi connectivity index (χ2v) is 4.12. The second kappa shape index (κ2) is 3.95. The zero-order valence-corrected chi connectivity index (χ0v) is 8.65. The van der Waals surface area contributed by atoms with Gasteiger partial charge in [0.05, 0.1) is 5.69 Å². The summed E-state index contributed by atoms with van der Waals surface area (Å²) in [7, 11) is -3.68. The SMILES string of the molecule is Cc1ccc(N)c(S(N)(=O)=O)c1.Cl. The molecule has 0 aliphatic heterocycles. The lowest BCUT2D eigenvalue weighted by Crippen LogP contribution is -2.14. The lowest BCUT2D eigenvalue weighted by Gasteiger charge is -2.02. The summed E-state index contributed by atoms with van der Waals surface area (Å²) in [6, 6.07) is 4.70. The fourth-order valence-corrected chi connectivity index (χ4v) is 1.63. The van der Waals surface area contributed by atoms with Crippen LogP contribution in [0.3, 0.4) is 0 Å². The van der Waals surface area contributed by atoms with Crippen molar-refractivity contribution in [3.05, 3.63) is 23.8 Å². The molecule has 0 amide bonds. The molecule has 13 heavy (non-hydrogen) atoms. The number of aryl methyl sites for hydroxylation is 1. The lowest BCUT2D eigenvalue weighted by atomic mass is 10.2. The Labute approximate surface area is 83.4 Å². The molecule has 0 aromatic heterocycles. The normalized spacial score (nSPS) is 10.6. The molecular formula is C7H11ClN2O2S. The van der Waals surface area contributed by atoms with Gasteiger partial charge in [0, 0.05) is 0 Å². The molecule has 0 unspecified atom stereocenters. The number of halogens is 1. The first kappa shape index (κ1) is 12.2. The lowest BCUT2D eigenvalue weighted by molar-refractivity contribution is 0.598. The molecule has 1 aromatic rings. The number of nitrogens with two attached hydrogens (primary N) is 2. The Bertz CT molecular complexity index is 403. The highest BCUT2D eigenvalue weighted by Crippen LogP contribution is 2.17. The highest BCUT2D eigenvalue weighted by atomic mass is 35.5. The molecular weight excluding hydrogens is 212 g/mol. The molecule has 0 heterocycles. The third-order valence-electron chi connectivity index (χ3n) is 1.48. The summed E-state index contributed by atoms with van der Waals surface area (Å²) < 4.78 is 21.8. The van der Waals surface area contributed by atoms with Gasteiger partial charge in [-0.1, -0.05) is 6.07 Å². The number of primary sulfonamides is 1. The Hall–Kier alpha value is -0.780. The van der Waals surface area contributed by atoms with Crippen LogP contribution >= 0.6 is 12.4 Å². The van der Waals surface area contributed by atoms with E-state index in [4.69, 9.17) is 10.9 Å². The Morgan fingerprint density at radius 1 is 1.31 bits per heavy atom. The smallest absolute Gasteiger partial charge is 0.240 e. The van der Waals surface area contributed by atoms with E-state index in [0.29, 0.717) is 0 Å². The maximum Gasteiger partial charge on any atom is 0.240 e. The largest absolute Gasteiger partial charge is 0.398 e. The van der Waals surface area contributed by atoms with E-state index in [1.165, 1.54) is 12.1 Å². The fraction of sp³-hybridized carbons (Fsp3) is 0.143. The van der Waals surface area contributed by atoms with E-state index < -0.39 is 10.0 Å². The van der Waals surface area contributed by atoms with Crippen LogP contribution in [0, 0.1) is 6.92 Å². The summed E-state index contributed by atoms with van der Waals surface area (Å²) in [6.07, 6.45) is 0. The molecule has 0 saturated heterocycles. The van der Waals surface area contributed by atoms with Crippen LogP contribution in [0.25, 0.3) is 0 Å². The van der Waals surface area contributed by atoms with Crippen molar-refractivity contribution in [1.29, 1.82) is 0 Å². The molecule has 4 nitrogen and oxygen atoms in total. The van der Waals surface area contributed by atoms with Gasteiger partial charge in [0.1, 0.15) is 4.90 Å². The van der Waals surface area contributed by atoms with E-state index in [9.17, 15) is 8.42 Å². The minimum absolute atomic E-state index is 0. The van der Waals surface area contributed by atoms with Crippen molar-refractivity contribution in [3.63, 3.8) is 0 Å². The van der Waals surface area contributed by atoms with Crippen molar-refractivity contribution in [2.75, 3.05) is 5.73 Å². The van der Waals surface area contributed by atoms with E-state index in [-0.39, 0.29) is 23.0 Å². The Morgan fingerprint density at radius 2 is 1.85 bits per heavy atom. The molecule has 0 fully saturated rings. The quantitative estimate of drug-likeness (QED) is 0.684. The average Bonchev–Trinajstić information content (AvgIpc) is 1.92. The van der Waals surface area contributed by atoms with Gasteiger partial charge in [-0.05, 0) is 24.6 Å². The van der Waals surface area contributed by atoms with Crippen LogP contribution in [0.15, 0.2) is 23.1 Å². The third kappa shape index (κ3) is 2.87. The van der Waals surface area contributed by atoms with Crippen LogP contribution in [-0.2, 0) is 10.0 Å². The molecule has 0 bridgehead atoms. The second-order valence-electron chi connectivity index (χ2n) is 2.59. The van der Waals surface area contributed by atoms with E-state index >= 15 is 0 Å². The van der Waals surface area contributed by atoms with Crippen molar-refractivity contribution in [1.82, 2.24) is 0 Å². The van der Waals surface area contributed by atoms with Crippen molar-refractivity contribution in [2.24, 2.45) is 5.14 Å². The number of sulfonamides is 1. The molecule has 6 heteroatoms. The first-order valence-corrected chi connectivity index (χ1v) is 4.85. The molecule has 0 saturated carbocycles. The molecule has 0 spiro atoms. The minimum atomic E-state index is -3.68.